The Morgan fingerprint density at radius 3 is 2.52 bits per heavy atom. The molecule has 0 unspecified atom stereocenters. The Bertz CT molecular complexity index is 827. The predicted molar refractivity (Wildman–Crippen MR) is 118 cm³/mol. The zero-order valence-electron chi connectivity index (χ0n) is 18.3. The summed E-state index contributed by atoms with van der Waals surface area (Å²) >= 11 is 0. The van der Waals surface area contributed by atoms with Crippen LogP contribution < -0.4 is 4.90 Å². The average molecular weight is 369 g/mol. The summed E-state index contributed by atoms with van der Waals surface area (Å²) in [5.74, 6) is 1.93. The molecular weight excluding hydrogens is 332 g/mol. The van der Waals surface area contributed by atoms with Crippen LogP contribution >= 0.6 is 0 Å². The van der Waals surface area contributed by atoms with Crippen LogP contribution in [-0.2, 0) is 6.54 Å². The van der Waals surface area contributed by atoms with E-state index in [9.17, 15) is 0 Å². The van der Waals surface area contributed by atoms with E-state index in [1.807, 2.05) is 6.92 Å². The topological polar surface area (TPSA) is 34.0 Å². The van der Waals surface area contributed by atoms with E-state index < -0.39 is 0 Å². The van der Waals surface area contributed by atoms with Crippen molar-refractivity contribution in [2.75, 3.05) is 18.0 Å². The quantitative estimate of drug-likeness (QED) is 0.511. The maximum atomic E-state index is 4.83. The first-order valence-corrected chi connectivity index (χ1v) is 10.3. The van der Waals surface area contributed by atoms with Crippen molar-refractivity contribution in [1.29, 1.82) is 0 Å². The number of nitrogens with zero attached hydrogens (tertiary/aromatic N) is 4. The molecule has 0 N–H and O–H groups in total. The summed E-state index contributed by atoms with van der Waals surface area (Å²) in [6, 6.07) is 0. The monoisotopic (exact) mass is 368 g/mol. The van der Waals surface area contributed by atoms with Gasteiger partial charge in [0, 0.05) is 25.8 Å². The molecular formula is C23H36N4. The molecule has 0 aromatic carbocycles. The standard InChI is InChI=1S/C23H36N4/c1-8-11-13-26(10-3)22-21-19(6)16-27(23(21)25-20(7)24-22)15-18(5)14-17(4)12-9-2/h12,14,16H,8-11,13,15H2,1-7H3/b17-12-,18-14-. The Hall–Kier alpha value is -2.10. The van der Waals surface area contributed by atoms with Crippen LogP contribution in [0.4, 0.5) is 5.82 Å². The highest BCUT2D eigenvalue weighted by molar-refractivity contribution is 5.91. The molecule has 0 radical (unpaired) electrons. The number of anilines is 1. The van der Waals surface area contributed by atoms with Gasteiger partial charge in [0.25, 0.3) is 0 Å². The lowest BCUT2D eigenvalue weighted by Gasteiger charge is -2.23. The Labute approximate surface area is 165 Å². The van der Waals surface area contributed by atoms with Crippen LogP contribution in [0.25, 0.3) is 11.0 Å². The number of allylic oxidation sites excluding steroid dienone is 4. The van der Waals surface area contributed by atoms with Gasteiger partial charge in [0.2, 0.25) is 0 Å². The minimum absolute atomic E-state index is 0.843. The van der Waals surface area contributed by atoms with Gasteiger partial charge in [-0.25, -0.2) is 9.97 Å². The number of rotatable bonds is 9. The lowest BCUT2D eigenvalue weighted by atomic mass is 10.1. The number of aryl methyl sites for hydroxylation is 2. The summed E-state index contributed by atoms with van der Waals surface area (Å²) in [5.41, 5.74) is 4.97. The van der Waals surface area contributed by atoms with Gasteiger partial charge in [-0.15, -0.1) is 0 Å². The highest BCUT2D eigenvalue weighted by atomic mass is 15.2. The first kappa shape index (κ1) is 21.2. The zero-order valence-corrected chi connectivity index (χ0v) is 18.3. The Morgan fingerprint density at radius 1 is 1.15 bits per heavy atom. The SMILES string of the molecule is CC/C=C(C)\C=C(\C)Cn1cc(C)c2c(N(CC)CCCC)nc(C)nc21. The predicted octanol–water partition coefficient (Wildman–Crippen LogP) is 5.98. The van der Waals surface area contributed by atoms with Crippen LogP contribution in [0.3, 0.4) is 0 Å². The second-order valence-electron chi connectivity index (χ2n) is 7.51. The lowest BCUT2D eigenvalue weighted by Crippen LogP contribution is -2.25. The number of hydrogen-bond donors (Lipinski definition) is 0. The van der Waals surface area contributed by atoms with Crippen LogP contribution in [0.5, 0.6) is 0 Å². The molecule has 0 aliphatic rings. The van der Waals surface area contributed by atoms with E-state index in [2.05, 4.69) is 69.4 Å². The molecule has 27 heavy (non-hydrogen) atoms. The van der Waals surface area contributed by atoms with Gasteiger partial charge >= 0.3 is 0 Å². The molecule has 2 heterocycles. The lowest BCUT2D eigenvalue weighted by molar-refractivity contribution is 0.723. The van der Waals surface area contributed by atoms with Gasteiger partial charge in [-0.2, -0.15) is 0 Å². The average Bonchev–Trinajstić information content (AvgIpc) is 2.90. The minimum atomic E-state index is 0.843. The molecule has 0 fully saturated rings. The van der Waals surface area contributed by atoms with E-state index in [1.165, 1.54) is 34.9 Å². The highest BCUT2D eigenvalue weighted by Crippen LogP contribution is 2.29. The van der Waals surface area contributed by atoms with Gasteiger partial charge < -0.3 is 9.47 Å². The minimum Gasteiger partial charge on any atom is -0.356 e. The Balaban J connectivity index is 2.48. The second-order valence-corrected chi connectivity index (χ2v) is 7.51. The molecule has 0 saturated heterocycles. The maximum absolute atomic E-state index is 4.83. The summed E-state index contributed by atoms with van der Waals surface area (Å²) in [6.07, 6.45) is 10.2. The van der Waals surface area contributed by atoms with Crippen molar-refractivity contribution in [2.45, 2.75) is 74.3 Å². The van der Waals surface area contributed by atoms with E-state index >= 15 is 0 Å². The summed E-state index contributed by atoms with van der Waals surface area (Å²) < 4.78 is 2.28. The fourth-order valence-electron chi connectivity index (χ4n) is 3.66. The van der Waals surface area contributed by atoms with E-state index in [4.69, 9.17) is 9.97 Å². The summed E-state index contributed by atoms with van der Waals surface area (Å²) in [5, 5.41) is 1.20. The van der Waals surface area contributed by atoms with Crippen LogP contribution in [0, 0.1) is 13.8 Å². The maximum Gasteiger partial charge on any atom is 0.146 e. The molecule has 0 aliphatic carbocycles. The van der Waals surface area contributed by atoms with Gasteiger partial charge in [-0.3, -0.25) is 0 Å². The van der Waals surface area contributed by atoms with E-state index in [-0.39, 0.29) is 0 Å². The van der Waals surface area contributed by atoms with Crippen molar-refractivity contribution in [3.05, 3.63) is 40.9 Å². The third kappa shape index (κ3) is 5.21. The molecule has 0 saturated carbocycles. The molecule has 0 atom stereocenters. The molecule has 0 amide bonds. The molecule has 2 rings (SSSR count). The number of fused-ring (bicyclic) bond motifs is 1. The summed E-state index contributed by atoms with van der Waals surface area (Å²) in [7, 11) is 0. The highest BCUT2D eigenvalue weighted by Gasteiger charge is 2.17. The third-order valence-electron chi connectivity index (χ3n) is 4.88. The largest absolute Gasteiger partial charge is 0.356 e. The number of aromatic nitrogens is 3. The molecule has 4 heteroatoms. The van der Waals surface area contributed by atoms with Crippen molar-refractivity contribution >= 4 is 16.9 Å². The number of unbranched alkanes of at least 4 members (excludes halogenated alkanes) is 1. The van der Waals surface area contributed by atoms with Gasteiger partial charge in [0.05, 0.1) is 5.39 Å². The molecule has 2 aromatic heterocycles. The molecule has 0 bridgehead atoms. The second kappa shape index (κ2) is 9.72. The smallest absolute Gasteiger partial charge is 0.146 e. The first-order valence-electron chi connectivity index (χ1n) is 10.3. The molecule has 148 valence electrons. The van der Waals surface area contributed by atoms with Crippen molar-refractivity contribution in [3.63, 3.8) is 0 Å². The van der Waals surface area contributed by atoms with Crippen molar-refractivity contribution in [1.82, 2.24) is 14.5 Å². The fourth-order valence-corrected chi connectivity index (χ4v) is 3.66. The Morgan fingerprint density at radius 2 is 1.89 bits per heavy atom. The molecule has 4 nitrogen and oxygen atoms in total. The Kier molecular flexibility index (Phi) is 7.64. The molecule has 0 aliphatic heterocycles. The summed E-state index contributed by atoms with van der Waals surface area (Å²) in [4.78, 5) is 12.0. The van der Waals surface area contributed by atoms with Crippen molar-refractivity contribution in [2.24, 2.45) is 0 Å². The van der Waals surface area contributed by atoms with Crippen LogP contribution in [0.15, 0.2) is 29.5 Å². The fraction of sp³-hybridized carbons (Fsp3) is 0.565. The van der Waals surface area contributed by atoms with Gasteiger partial charge in [-0.05, 0) is 53.0 Å². The van der Waals surface area contributed by atoms with Crippen LogP contribution in [0.1, 0.15) is 65.3 Å². The third-order valence-corrected chi connectivity index (χ3v) is 4.88. The summed E-state index contributed by atoms with van der Waals surface area (Å²) in [6.45, 7) is 18.0. The van der Waals surface area contributed by atoms with Crippen LogP contribution in [-0.4, -0.2) is 27.6 Å². The van der Waals surface area contributed by atoms with E-state index in [1.54, 1.807) is 0 Å². The molecule has 2 aromatic rings. The van der Waals surface area contributed by atoms with Gasteiger partial charge in [0.1, 0.15) is 17.3 Å². The first-order chi connectivity index (χ1) is 12.9. The normalized spacial score (nSPS) is 12.9. The van der Waals surface area contributed by atoms with Gasteiger partial charge in [0.15, 0.2) is 0 Å². The van der Waals surface area contributed by atoms with Crippen molar-refractivity contribution in [3.8, 4) is 0 Å². The van der Waals surface area contributed by atoms with E-state index in [0.29, 0.717) is 0 Å². The van der Waals surface area contributed by atoms with Crippen molar-refractivity contribution < 1.29 is 0 Å². The van der Waals surface area contributed by atoms with E-state index in [0.717, 1.165) is 43.3 Å². The zero-order chi connectivity index (χ0) is 20.0. The van der Waals surface area contributed by atoms with Gasteiger partial charge in [-0.1, -0.05) is 43.6 Å². The molecule has 0 spiro atoms. The van der Waals surface area contributed by atoms with Crippen LogP contribution in [0.2, 0.25) is 0 Å². The number of hydrogen-bond acceptors (Lipinski definition) is 3.